The van der Waals surface area contributed by atoms with Crippen LogP contribution < -0.4 is 9.50 Å². The first-order valence-electron chi connectivity index (χ1n) is 9.95. The van der Waals surface area contributed by atoms with E-state index in [2.05, 4.69) is 14.5 Å². The van der Waals surface area contributed by atoms with Crippen molar-refractivity contribution in [3.05, 3.63) is 28.9 Å². The second-order valence-corrected chi connectivity index (χ2v) is 13.5. The standard InChI is InChI=1S/C19H21F4N3O7S3/c1-17(2,3)32-16(27)24-15-25-18(4,9-35(28,29)26(15)5)14-12(20)10-7-6-8-11(13(10)34-14)33-36(30,31)19(21,22)23/h6-8H,9H2,1-5H3,(H,24,25,27)/t18-/m0/s1. The number of hydrogen-bond donors (Lipinski definition) is 1. The minimum Gasteiger partial charge on any atom is -0.442 e. The molecule has 10 nitrogen and oxygen atoms in total. The molecule has 17 heteroatoms. The minimum absolute atomic E-state index is 0.296. The Morgan fingerprint density at radius 2 is 1.86 bits per heavy atom. The van der Waals surface area contributed by atoms with Gasteiger partial charge >= 0.3 is 21.7 Å². The van der Waals surface area contributed by atoms with Gasteiger partial charge in [-0.25, -0.2) is 21.9 Å². The maximum atomic E-state index is 15.5. The quantitative estimate of drug-likeness (QED) is 0.334. The van der Waals surface area contributed by atoms with Gasteiger partial charge in [0.2, 0.25) is 16.0 Å². The van der Waals surface area contributed by atoms with Crippen molar-refractivity contribution in [3.63, 3.8) is 0 Å². The molecule has 200 valence electrons. The molecule has 0 bridgehead atoms. The lowest BCUT2D eigenvalue weighted by atomic mass is 10.0. The molecule has 1 aromatic carbocycles. The zero-order valence-electron chi connectivity index (χ0n) is 19.4. The largest absolute Gasteiger partial charge is 0.534 e. The van der Waals surface area contributed by atoms with Crippen LogP contribution in [0.3, 0.4) is 0 Å². The van der Waals surface area contributed by atoms with Gasteiger partial charge in [0.25, 0.3) is 0 Å². The molecule has 0 unspecified atom stereocenters. The predicted molar refractivity (Wildman–Crippen MR) is 123 cm³/mol. The van der Waals surface area contributed by atoms with Gasteiger partial charge in [0, 0.05) is 12.4 Å². The smallest absolute Gasteiger partial charge is 0.442 e. The Morgan fingerprint density at radius 1 is 1.25 bits per heavy atom. The second-order valence-electron chi connectivity index (χ2n) is 8.96. The van der Waals surface area contributed by atoms with Crippen molar-refractivity contribution in [3.8, 4) is 5.75 Å². The molecular formula is C19H21F4N3O7S3. The normalized spacial score (nSPS) is 21.9. The Balaban J connectivity index is 2.12. The van der Waals surface area contributed by atoms with Crippen LogP contribution in [0.1, 0.15) is 32.6 Å². The van der Waals surface area contributed by atoms with E-state index in [1.807, 2.05) is 0 Å². The highest BCUT2D eigenvalue weighted by Crippen LogP contribution is 2.43. The molecule has 1 N–H and O–H groups in total. The van der Waals surface area contributed by atoms with Crippen LogP contribution in [0.15, 0.2) is 23.2 Å². The highest BCUT2D eigenvalue weighted by atomic mass is 32.2. The molecule has 1 aliphatic heterocycles. The van der Waals surface area contributed by atoms with Crippen LogP contribution in [0.4, 0.5) is 22.4 Å². The zero-order valence-corrected chi connectivity index (χ0v) is 21.9. The van der Waals surface area contributed by atoms with E-state index in [1.165, 1.54) is 13.0 Å². The Kier molecular flexibility index (Phi) is 6.77. The van der Waals surface area contributed by atoms with Crippen LogP contribution in [0.5, 0.6) is 5.75 Å². The number of carbonyl (C=O) groups excluding carboxylic acids is 1. The molecule has 1 saturated heterocycles. The second kappa shape index (κ2) is 8.72. The van der Waals surface area contributed by atoms with E-state index in [1.54, 1.807) is 20.8 Å². The molecule has 2 heterocycles. The summed E-state index contributed by atoms with van der Waals surface area (Å²) in [6, 6.07) is 3.15. The third kappa shape index (κ3) is 5.36. The van der Waals surface area contributed by atoms with E-state index >= 15 is 4.39 Å². The number of hydrogen-bond acceptors (Lipinski definition) is 8. The third-order valence-electron chi connectivity index (χ3n) is 4.77. The summed E-state index contributed by atoms with van der Waals surface area (Å²) in [4.78, 5) is 15.5. The molecule has 1 fully saturated rings. The van der Waals surface area contributed by atoms with Crippen LogP contribution in [0.2, 0.25) is 0 Å². The van der Waals surface area contributed by atoms with E-state index in [4.69, 9.17) is 4.74 Å². The molecule has 1 aliphatic rings. The maximum absolute atomic E-state index is 15.5. The van der Waals surface area contributed by atoms with Crippen molar-refractivity contribution in [2.45, 2.75) is 44.3 Å². The van der Waals surface area contributed by atoms with Crippen LogP contribution >= 0.6 is 11.3 Å². The number of nitrogens with zero attached hydrogens (tertiary/aromatic N) is 2. The summed E-state index contributed by atoms with van der Waals surface area (Å²) in [5.74, 6) is -3.02. The molecule has 0 aliphatic carbocycles. The molecule has 0 radical (unpaired) electrons. The van der Waals surface area contributed by atoms with E-state index < -0.39 is 66.2 Å². The Labute approximate surface area is 208 Å². The highest BCUT2D eigenvalue weighted by molar-refractivity contribution is 7.89. The molecule has 36 heavy (non-hydrogen) atoms. The highest BCUT2D eigenvalue weighted by Gasteiger charge is 2.49. The van der Waals surface area contributed by atoms with E-state index in [0.717, 1.165) is 19.2 Å². The van der Waals surface area contributed by atoms with E-state index in [9.17, 15) is 34.8 Å². The van der Waals surface area contributed by atoms with Gasteiger partial charge in [-0.1, -0.05) is 12.1 Å². The number of ether oxygens (including phenoxy) is 1. The number of guanidine groups is 1. The Bertz CT molecular complexity index is 1460. The summed E-state index contributed by atoms with van der Waals surface area (Å²) < 4.78 is 112. The number of amides is 1. The fourth-order valence-corrected chi connectivity index (χ4v) is 6.53. The van der Waals surface area contributed by atoms with Gasteiger partial charge in [0.1, 0.15) is 11.4 Å². The molecule has 1 aromatic heterocycles. The zero-order chi connectivity index (χ0) is 27.5. The number of thiophene rings is 1. The Morgan fingerprint density at radius 3 is 2.42 bits per heavy atom. The third-order valence-corrected chi connectivity index (χ3v) is 9.14. The van der Waals surface area contributed by atoms with E-state index in [-0.39, 0.29) is 15.0 Å². The van der Waals surface area contributed by atoms with Gasteiger partial charge in [-0.05, 0) is 33.8 Å². The van der Waals surface area contributed by atoms with Gasteiger partial charge < -0.3 is 14.2 Å². The number of aliphatic imine (C=N–C) groups is 1. The summed E-state index contributed by atoms with van der Waals surface area (Å²) in [6.45, 7) is 5.97. The number of benzene rings is 1. The number of halogens is 4. The van der Waals surface area contributed by atoms with Gasteiger partial charge in [0.15, 0.2) is 5.75 Å². The summed E-state index contributed by atoms with van der Waals surface area (Å²) in [5.41, 5.74) is -8.43. The predicted octanol–water partition coefficient (Wildman–Crippen LogP) is 3.64. The lowest BCUT2D eigenvalue weighted by Gasteiger charge is -2.39. The van der Waals surface area contributed by atoms with Gasteiger partial charge in [-0.3, -0.25) is 0 Å². The van der Waals surface area contributed by atoms with Crippen molar-refractivity contribution in [1.29, 1.82) is 0 Å². The fourth-order valence-electron chi connectivity index (χ4n) is 3.20. The van der Waals surface area contributed by atoms with Crippen molar-refractivity contribution < 1.29 is 48.1 Å². The molecule has 1 amide bonds. The van der Waals surface area contributed by atoms with Crippen molar-refractivity contribution in [2.75, 3.05) is 12.8 Å². The molecule has 0 saturated carbocycles. The van der Waals surface area contributed by atoms with Gasteiger partial charge in [0.05, 0.1) is 20.9 Å². The van der Waals surface area contributed by atoms with Crippen LogP contribution in [-0.4, -0.2) is 57.1 Å². The SMILES string of the molecule is CN1/C(=N\C(=O)OC(C)(C)C)N[C@](C)(c2sc3c(OS(=O)(=O)C(F)(F)F)cccc3c2F)CS1(=O)=O. The number of rotatable bonds is 3. The van der Waals surface area contributed by atoms with Crippen LogP contribution in [0.25, 0.3) is 10.1 Å². The number of nitrogens with one attached hydrogen (secondary N) is 1. The average molecular weight is 576 g/mol. The van der Waals surface area contributed by atoms with Crippen LogP contribution in [-0.2, 0) is 30.4 Å². The number of carbonyl (C=O) groups is 1. The molecule has 2 aromatic rings. The molecule has 1 atom stereocenters. The van der Waals surface area contributed by atoms with Crippen LogP contribution in [0, 0.1) is 5.82 Å². The Hall–Kier alpha value is -2.66. The van der Waals surface area contributed by atoms with Crippen molar-refractivity contribution >= 4 is 53.6 Å². The number of fused-ring (bicyclic) bond motifs is 1. The fraction of sp³-hybridized carbons (Fsp3) is 0.474. The monoisotopic (exact) mass is 575 g/mol. The summed E-state index contributed by atoms with van der Waals surface area (Å²) in [7, 11) is -9.11. The lowest BCUT2D eigenvalue weighted by molar-refractivity contribution is -0.0499. The first-order chi connectivity index (χ1) is 16.2. The minimum atomic E-state index is -6.05. The lowest BCUT2D eigenvalue weighted by Crippen LogP contribution is -2.61. The number of alkyl halides is 3. The average Bonchev–Trinajstić information content (AvgIpc) is 3.01. The maximum Gasteiger partial charge on any atom is 0.534 e. The number of sulfonamides is 1. The summed E-state index contributed by atoms with van der Waals surface area (Å²) >= 11 is 0.492. The first kappa shape index (κ1) is 27.9. The summed E-state index contributed by atoms with van der Waals surface area (Å²) in [6.07, 6.45) is -1.12. The molecule has 0 spiro atoms. The van der Waals surface area contributed by atoms with Gasteiger partial charge in [-0.15, -0.1) is 16.3 Å². The van der Waals surface area contributed by atoms with E-state index in [0.29, 0.717) is 15.6 Å². The summed E-state index contributed by atoms with van der Waals surface area (Å²) in [5, 5.41) is 2.39. The van der Waals surface area contributed by atoms with Crippen molar-refractivity contribution in [1.82, 2.24) is 9.62 Å². The molecular weight excluding hydrogens is 554 g/mol. The first-order valence-corrected chi connectivity index (χ1v) is 13.8. The van der Waals surface area contributed by atoms with Crippen molar-refractivity contribution in [2.24, 2.45) is 4.99 Å². The topological polar surface area (TPSA) is 131 Å². The molecule has 3 rings (SSSR count). The van der Waals surface area contributed by atoms with Gasteiger partial charge in [-0.2, -0.15) is 21.6 Å².